The summed E-state index contributed by atoms with van der Waals surface area (Å²) in [5.74, 6) is 0.789. The van der Waals surface area contributed by atoms with E-state index < -0.39 is 0 Å². The molecule has 2 nitrogen and oxygen atoms in total. The van der Waals surface area contributed by atoms with Crippen molar-refractivity contribution in [3.8, 4) is 0 Å². The van der Waals surface area contributed by atoms with Crippen LogP contribution in [0, 0.1) is 0 Å². The fourth-order valence-corrected chi connectivity index (χ4v) is 2.73. The topological polar surface area (TPSA) is 38.9 Å². The van der Waals surface area contributed by atoms with Crippen molar-refractivity contribution in [3.05, 3.63) is 57.8 Å². The molecule has 98 valence electrons. The van der Waals surface area contributed by atoms with Gasteiger partial charge in [0.2, 0.25) is 0 Å². The Balaban J connectivity index is 2.07. The zero-order chi connectivity index (χ0) is 13.8. The number of hydrogen-bond acceptors (Lipinski definition) is 3. The molecule has 0 aliphatic carbocycles. The van der Waals surface area contributed by atoms with Gasteiger partial charge < -0.3 is 5.73 Å². The summed E-state index contributed by atoms with van der Waals surface area (Å²) >= 11 is 18.4. The van der Waals surface area contributed by atoms with Crippen LogP contribution < -0.4 is 5.73 Å². The number of thioether (sulfide) groups is 1. The maximum atomic E-state index is 5.98. The minimum Gasteiger partial charge on any atom is -0.388 e. The minimum absolute atomic E-state index is 0.303. The van der Waals surface area contributed by atoms with E-state index in [0.717, 1.165) is 16.2 Å². The third kappa shape index (κ3) is 4.08. The van der Waals surface area contributed by atoms with Crippen molar-refractivity contribution < 1.29 is 0 Å². The predicted octanol–water partition coefficient (Wildman–Crippen LogP) is 4.31. The van der Waals surface area contributed by atoms with E-state index in [1.54, 1.807) is 24.0 Å². The van der Waals surface area contributed by atoms with E-state index in [4.69, 9.17) is 41.2 Å². The third-order valence-corrected chi connectivity index (χ3v) is 4.39. The maximum Gasteiger partial charge on any atom is 0.122 e. The summed E-state index contributed by atoms with van der Waals surface area (Å²) in [5, 5.41) is 1.13. The lowest BCUT2D eigenvalue weighted by Gasteiger charge is -2.05. The molecule has 1 aromatic heterocycles. The van der Waals surface area contributed by atoms with Crippen LogP contribution in [0.15, 0.2) is 41.4 Å². The van der Waals surface area contributed by atoms with Gasteiger partial charge >= 0.3 is 0 Å². The number of benzene rings is 1. The van der Waals surface area contributed by atoms with Crippen molar-refractivity contribution in [2.45, 2.75) is 10.6 Å². The second kappa shape index (κ2) is 6.57. The highest BCUT2D eigenvalue weighted by Gasteiger charge is 2.03. The standard InChI is InChI=1S/C13H10Cl2N2S2/c14-10-2-1-8(5-11(10)15)7-19-9-3-4-17-12(6-9)13(16)18/h1-6H,7H2,(H2,16,18). The van der Waals surface area contributed by atoms with Gasteiger partial charge in [0, 0.05) is 16.8 Å². The molecule has 0 bridgehead atoms. The molecule has 0 unspecified atom stereocenters. The molecule has 2 rings (SSSR count). The molecular weight excluding hydrogens is 319 g/mol. The number of halogens is 2. The van der Waals surface area contributed by atoms with Crippen LogP contribution in [0.1, 0.15) is 11.3 Å². The monoisotopic (exact) mass is 328 g/mol. The lowest BCUT2D eigenvalue weighted by Crippen LogP contribution is -2.11. The SMILES string of the molecule is NC(=S)c1cc(SCc2ccc(Cl)c(Cl)c2)ccn1. The molecule has 0 saturated carbocycles. The Bertz CT molecular complexity index is 617. The van der Waals surface area contributed by atoms with Crippen LogP contribution in [0.3, 0.4) is 0 Å². The third-order valence-electron chi connectivity index (χ3n) is 2.37. The molecule has 0 radical (unpaired) electrons. The molecule has 0 aliphatic heterocycles. The van der Waals surface area contributed by atoms with Gasteiger partial charge in [0.15, 0.2) is 0 Å². The Kier molecular flexibility index (Phi) is 5.05. The van der Waals surface area contributed by atoms with Crippen LogP contribution in [0.2, 0.25) is 10.0 Å². The molecule has 6 heteroatoms. The average Bonchev–Trinajstić information content (AvgIpc) is 2.40. The first-order valence-corrected chi connectivity index (χ1v) is 7.54. The summed E-state index contributed by atoms with van der Waals surface area (Å²) in [4.78, 5) is 5.46. The van der Waals surface area contributed by atoms with Crippen LogP contribution >= 0.6 is 47.2 Å². The van der Waals surface area contributed by atoms with Crippen molar-refractivity contribution in [2.24, 2.45) is 5.73 Å². The van der Waals surface area contributed by atoms with Gasteiger partial charge in [-0.2, -0.15) is 0 Å². The fourth-order valence-electron chi connectivity index (χ4n) is 1.43. The Morgan fingerprint density at radius 3 is 2.68 bits per heavy atom. The van der Waals surface area contributed by atoms with Crippen molar-refractivity contribution in [2.75, 3.05) is 0 Å². The summed E-state index contributed by atoms with van der Waals surface area (Å²) in [6.45, 7) is 0. The summed E-state index contributed by atoms with van der Waals surface area (Å²) < 4.78 is 0. The Morgan fingerprint density at radius 1 is 1.21 bits per heavy atom. The van der Waals surface area contributed by atoms with Gasteiger partial charge in [-0.25, -0.2) is 0 Å². The first kappa shape index (κ1) is 14.6. The highest BCUT2D eigenvalue weighted by Crippen LogP contribution is 2.27. The van der Waals surface area contributed by atoms with E-state index in [9.17, 15) is 0 Å². The van der Waals surface area contributed by atoms with Crippen LogP contribution in [0.25, 0.3) is 0 Å². The molecule has 1 heterocycles. The van der Waals surface area contributed by atoms with Crippen LogP contribution in [0.5, 0.6) is 0 Å². The molecule has 19 heavy (non-hydrogen) atoms. The van der Waals surface area contributed by atoms with Gasteiger partial charge in [-0.3, -0.25) is 4.98 Å². The molecule has 1 aromatic carbocycles. The number of nitrogens with two attached hydrogens (primary N) is 1. The quantitative estimate of drug-likeness (QED) is 0.670. The van der Waals surface area contributed by atoms with Crippen molar-refractivity contribution in [3.63, 3.8) is 0 Å². The average molecular weight is 329 g/mol. The number of pyridine rings is 1. The number of aromatic nitrogens is 1. The lowest BCUT2D eigenvalue weighted by molar-refractivity contribution is 1.23. The smallest absolute Gasteiger partial charge is 0.122 e. The first-order valence-electron chi connectivity index (χ1n) is 5.39. The van der Waals surface area contributed by atoms with Gasteiger partial charge in [0.1, 0.15) is 4.99 Å². The second-order valence-electron chi connectivity index (χ2n) is 3.78. The molecule has 0 atom stereocenters. The van der Waals surface area contributed by atoms with Gasteiger partial charge in [-0.15, -0.1) is 11.8 Å². The van der Waals surface area contributed by atoms with Crippen LogP contribution in [-0.4, -0.2) is 9.97 Å². The molecule has 0 aliphatic rings. The molecule has 0 spiro atoms. The second-order valence-corrected chi connectivity index (χ2v) is 6.08. The number of rotatable bonds is 4. The summed E-state index contributed by atoms with van der Waals surface area (Å²) in [5.41, 5.74) is 7.29. The lowest BCUT2D eigenvalue weighted by atomic mass is 10.2. The van der Waals surface area contributed by atoms with Gasteiger partial charge in [-0.05, 0) is 29.8 Å². The van der Waals surface area contributed by atoms with Gasteiger partial charge in [-0.1, -0.05) is 41.5 Å². The minimum atomic E-state index is 0.303. The number of nitrogens with zero attached hydrogens (tertiary/aromatic N) is 1. The fraction of sp³-hybridized carbons (Fsp3) is 0.0769. The first-order chi connectivity index (χ1) is 9.06. The predicted molar refractivity (Wildman–Crippen MR) is 86.1 cm³/mol. The normalized spacial score (nSPS) is 10.4. The van der Waals surface area contributed by atoms with E-state index >= 15 is 0 Å². The van der Waals surface area contributed by atoms with Gasteiger partial charge in [0.05, 0.1) is 15.7 Å². The van der Waals surface area contributed by atoms with Crippen molar-refractivity contribution >= 4 is 52.2 Å². The highest BCUT2D eigenvalue weighted by molar-refractivity contribution is 7.98. The Labute approximate surface area is 131 Å². The van der Waals surface area contributed by atoms with Crippen molar-refractivity contribution in [1.82, 2.24) is 4.98 Å². The van der Waals surface area contributed by atoms with E-state index in [1.165, 1.54) is 0 Å². The maximum absolute atomic E-state index is 5.98. The summed E-state index contributed by atoms with van der Waals surface area (Å²) in [6.07, 6.45) is 1.70. The van der Waals surface area contributed by atoms with E-state index in [1.807, 2.05) is 24.3 Å². The molecule has 2 N–H and O–H groups in total. The zero-order valence-electron chi connectivity index (χ0n) is 9.77. The van der Waals surface area contributed by atoms with E-state index in [2.05, 4.69) is 4.98 Å². The number of thiocarbonyl (C=S) groups is 1. The van der Waals surface area contributed by atoms with Gasteiger partial charge in [0.25, 0.3) is 0 Å². The summed E-state index contributed by atoms with van der Waals surface area (Å²) in [6, 6.07) is 9.42. The molecule has 2 aromatic rings. The van der Waals surface area contributed by atoms with E-state index in [0.29, 0.717) is 20.7 Å². The molecular formula is C13H10Cl2N2S2. The van der Waals surface area contributed by atoms with Crippen molar-refractivity contribution in [1.29, 1.82) is 0 Å². The molecule has 0 fully saturated rings. The van der Waals surface area contributed by atoms with Crippen LogP contribution in [-0.2, 0) is 5.75 Å². The molecule has 0 saturated heterocycles. The number of hydrogen-bond donors (Lipinski definition) is 1. The Hall–Kier alpha value is -0.810. The Morgan fingerprint density at radius 2 is 2.00 bits per heavy atom. The largest absolute Gasteiger partial charge is 0.388 e. The summed E-state index contributed by atoms with van der Waals surface area (Å²) in [7, 11) is 0. The highest BCUT2D eigenvalue weighted by atomic mass is 35.5. The van der Waals surface area contributed by atoms with E-state index in [-0.39, 0.29) is 0 Å². The zero-order valence-corrected chi connectivity index (χ0v) is 12.9. The van der Waals surface area contributed by atoms with Crippen LogP contribution in [0.4, 0.5) is 0 Å². The molecule has 0 amide bonds.